The molecule has 0 atom stereocenters. The molecule has 1 aliphatic carbocycles. The number of aryl methyl sites for hydroxylation is 1. The number of amides is 1. The Balaban J connectivity index is 2.07. The van der Waals surface area contributed by atoms with E-state index in [1.807, 2.05) is 18.2 Å². The minimum absolute atomic E-state index is 0.0505. The smallest absolute Gasteiger partial charge is 0.303 e. The maximum atomic E-state index is 12.1. The molecule has 0 spiro atoms. The molecule has 4 N–H and O–H groups in total. The number of carbonyl (C=O) groups excluding carboxylic acids is 1. The summed E-state index contributed by atoms with van der Waals surface area (Å²) in [5.41, 5.74) is 6.75. The largest absolute Gasteiger partial charge is 0.481 e. The molecule has 2 rings (SSSR count). The second-order valence-corrected chi connectivity index (χ2v) is 4.99. The first-order valence-corrected chi connectivity index (χ1v) is 6.39. The predicted molar refractivity (Wildman–Crippen MR) is 71.7 cm³/mol. The Morgan fingerprint density at radius 1 is 1.32 bits per heavy atom. The first kappa shape index (κ1) is 13.5. The zero-order valence-electron chi connectivity index (χ0n) is 10.7. The number of hydrogen-bond acceptors (Lipinski definition) is 3. The number of carboxylic acids is 1. The fourth-order valence-corrected chi connectivity index (χ4v) is 2.03. The topological polar surface area (TPSA) is 92.4 Å². The summed E-state index contributed by atoms with van der Waals surface area (Å²) in [6, 6.07) is 7.28. The lowest BCUT2D eigenvalue weighted by atomic mass is 10.0. The second kappa shape index (κ2) is 5.40. The number of carbonyl (C=O) groups is 2. The first-order chi connectivity index (χ1) is 9.07. The molecule has 19 heavy (non-hydrogen) atoms. The number of benzene rings is 1. The van der Waals surface area contributed by atoms with Gasteiger partial charge in [-0.1, -0.05) is 18.2 Å². The molecular weight excluding hydrogens is 244 g/mol. The van der Waals surface area contributed by atoms with Gasteiger partial charge in [-0.2, -0.15) is 0 Å². The number of hydrogen-bond donors (Lipinski definition) is 3. The number of aliphatic carboxylic acids is 1. The Labute approximate surface area is 111 Å². The summed E-state index contributed by atoms with van der Waals surface area (Å²) >= 11 is 0. The molecule has 1 saturated carbocycles. The molecule has 1 aromatic rings. The molecule has 1 aromatic carbocycles. The van der Waals surface area contributed by atoms with Gasteiger partial charge < -0.3 is 16.2 Å². The predicted octanol–water partition coefficient (Wildman–Crippen LogP) is 1.38. The minimum atomic E-state index is -0.846. The molecule has 0 aromatic heterocycles. The molecule has 0 bridgehead atoms. The summed E-state index contributed by atoms with van der Waals surface area (Å²) in [5, 5.41) is 11.6. The van der Waals surface area contributed by atoms with Crippen LogP contribution in [0.1, 0.15) is 24.8 Å². The molecule has 0 saturated heterocycles. The van der Waals surface area contributed by atoms with Crippen LogP contribution in [-0.4, -0.2) is 23.5 Å². The van der Waals surface area contributed by atoms with Crippen LogP contribution in [0.5, 0.6) is 0 Å². The van der Waals surface area contributed by atoms with Crippen molar-refractivity contribution in [2.24, 2.45) is 11.1 Å². The number of para-hydroxylation sites is 1. The van der Waals surface area contributed by atoms with Gasteiger partial charge in [0.2, 0.25) is 5.91 Å². The zero-order valence-corrected chi connectivity index (χ0v) is 10.7. The quantitative estimate of drug-likeness (QED) is 0.722. The van der Waals surface area contributed by atoms with E-state index in [2.05, 4.69) is 5.32 Å². The van der Waals surface area contributed by atoms with Gasteiger partial charge in [-0.05, 0) is 30.9 Å². The van der Waals surface area contributed by atoms with E-state index in [1.165, 1.54) is 0 Å². The molecular formula is C14H18N2O3. The summed E-state index contributed by atoms with van der Waals surface area (Å²) in [5.74, 6) is -0.903. The van der Waals surface area contributed by atoms with E-state index < -0.39 is 11.4 Å². The highest BCUT2D eigenvalue weighted by Crippen LogP contribution is 2.45. The third-order valence-electron chi connectivity index (χ3n) is 3.60. The van der Waals surface area contributed by atoms with E-state index in [0.29, 0.717) is 18.7 Å². The summed E-state index contributed by atoms with van der Waals surface area (Å²) in [4.78, 5) is 22.7. The van der Waals surface area contributed by atoms with E-state index >= 15 is 0 Å². The Hall–Kier alpha value is -1.88. The van der Waals surface area contributed by atoms with Gasteiger partial charge in [-0.3, -0.25) is 9.59 Å². The first-order valence-electron chi connectivity index (χ1n) is 6.39. The van der Waals surface area contributed by atoms with E-state index in [4.69, 9.17) is 10.8 Å². The van der Waals surface area contributed by atoms with Crippen LogP contribution in [0.3, 0.4) is 0 Å². The van der Waals surface area contributed by atoms with E-state index in [9.17, 15) is 9.59 Å². The van der Waals surface area contributed by atoms with Crippen LogP contribution in [0.25, 0.3) is 0 Å². The molecule has 5 heteroatoms. The average Bonchev–Trinajstić information content (AvgIpc) is 3.18. The van der Waals surface area contributed by atoms with Gasteiger partial charge >= 0.3 is 5.97 Å². The van der Waals surface area contributed by atoms with Crippen molar-refractivity contribution in [2.45, 2.75) is 25.7 Å². The van der Waals surface area contributed by atoms with Crippen LogP contribution in [0, 0.1) is 5.41 Å². The molecule has 1 fully saturated rings. The number of nitrogens with two attached hydrogens (primary N) is 1. The highest BCUT2D eigenvalue weighted by Gasteiger charge is 2.48. The van der Waals surface area contributed by atoms with Gasteiger partial charge in [0, 0.05) is 18.7 Å². The van der Waals surface area contributed by atoms with Gasteiger partial charge in [0.1, 0.15) is 0 Å². The van der Waals surface area contributed by atoms with Gasteiger partial charge in [0.15, 0.2) is 0 Å². The van der Waals surface area contributed by atoms with Crippen molar-refractivity contribution in [3.63, 3.8) is 0 Å². The second-order valence-electron chi connectivity index (χ2n) is 4.99. The van der Waals surface area contributed by atoms with Crippen LogP contribution in [0.15, 0.2) is 24.3 Å². The van der Waals surface area contributed by atoms with Gasteiger partial charge in [-0.25, -0.2) is 0 Å². The third kappa shape index (κ3) is 3.12. The van der Waals surface area contributed by atoms with Crippen molar-refractivity contribution in [3.05, 3.63) is 29.8 Å². The Morgan fingerprint density at radius 3 is 2.58 bits per heavy atom. The number of rotatable bonds is 6. The van der Waals surface area contributed by atoms with Crippen LogP contribution in [0.4, 0.5) is 5.69 Å². The van der Waals surface area contributed by atoms with E-state index in [1.54, 1.807) is 6.07 Å². The van der Waals surface area contributed by atoms with Crippen molar-refractivity contribution in [3.8, 4) is 0 Å². The lowest BCUT2D eigenvalue weighted by Gasteiger charge is -2.15. The fraction of sp³-hybridized carbons (Fsp3) is 0.429. The molecule has 5 nitrogen and oxygen atoms in total. The van der Waals surface area contributed by atoms with Gasteiger partial charge in [-0.15, -0.1) is 0 Å². The molecule has 0 unspecified atom stereocenters. The Bertz CT molecular complexity index is 495. The highest BCUT2D eigenvalue weighted by atomic mass is 16.4. The lowest BCUT2D eigenvalue weighted by Crippen LogP contribution is -2.31. The van der Waals surface area contributed by atoms with Crippen molar-refractivity contribution in [1.29, 1.82) is 0 Å². The molecule has 102 valence electrons. The summed E-state index contributed by atoms with van der Waals surface area (Å²) in [7, 11) is 0. The maximum Gasteiger partial charge on any atom is 0.303 e. The molecule has 0 aliphatic heterocycles. The molecule has 0 heterocycles. The van der Waals surface area contributed by atoms with Crippen LogP contribution >= 0.6 is 0 Å². The average molecular weight is 262 g/mol. The zero-order chi connectivity index (χ0) is 13.9. The Kier molecular flexibility index (Phi) is 3.85. The lowest BCUT2D eigenvalue weighted by molar-refractivity contribution is -0.137. The number of anilines is 1. The highest BCUT2D eigenvalue weighted by molar-refractivity contribution is 5.98. The summed E-state index contributed by atoms with van der Waals surface area (Å²) < 4.78 is 0. The monoisotopic (exact) mass is 262 g/mol. The maximum absolute atomic E-state index is 12.1. The van der Waals surface area contributed by atoms with E-state index in [-0.39, 0.29) is 12.3 Å². The standard InChI is InChI=1S/C14H18N2O3/c15-9-14(7-8-14)13(19)16-11-4-2-1-3-10(11)5-6-12(17)18/h1-4H,5-9,15H2,(H,16,19)(H,17,18). The number of carboxylic acid groups (broad SMARTS) is 1. The number of nitrogens with one attached hydrogen (secondary N) is 1. The normalized spacial score (nSPS) is 15.8. The van der Waals surface area contributed by atoms with Crippen LogP contribution in [-0.2, 0) is 16.0 Å². The van der Waals surface area contributed by atoms with Crippen molar-refractivity contribution in [1.82, 2.24) is 0 Å². The minimum Gasteiger partial charge on any atom is -0.481 e. The van der Waals surface area contributed by atoms with Crippen molar-refractivity contribution >= 4 is 17.6 Å². The van der Waals surface area contributed by atoms with Crippen molar-refractivity contribution < 1.29 is 14.7 Å². The van der Waals surface area contributed by atoms with Crippen LogP contribution < -0.4 is 11.1 Å². The summed E-state index contributed by atoms with van der Waals surface area (Å²) in [6.45, 7) is 0.357. The Morgan fingerprint density at radius 2 is 2.00 bits per heavy atom. The van der Waals surface area contributed by atoms with Gasteiger partial charge in [0.25, 0.3) is 0 Å². The van der Waals surface area contributed by atoms with E-state index in [0.717, 1.165) is 18.4 Å². The molecule has 1 aliphatic rings. The third-order valence-corrected chi connectivity index (χ3v) is 3.60. The fourth-order valence-electron chi connectivity index (χ4n) is 2.03. The SMILES string of the molecule is NCC1(C(=O)Nc2ccccc2CCC(=O)O)CC1. The summed E-state index contributed by atoms with van der Waals surface area (Å²) in [6.07, 6.45) is 2.11. The molecule has 1 amide bonds. The van der Waals surface area contributed by atoms with Gasteiger partial charge in [0.05, 0.1) is 5.41 Å². The van der Waals surface area contributed by atoms with Crippen LogP contribution in [0.2, 0.25) is 0 Å². The molecule has 0 radical (unpaired) electrons. The van der Waals surface area contributed by atoms with Crippen molar-refractivity contribution in [2.75, 3.05) is 11.9 Å².